The smallest absolute Gasteiger partial charge is 0.335 e. The lowest BCUT2D eigenvalue weighted by Crippen LogP contribution is -2.01. The monoisotopic (exact) mass is 423 g/mol. The van der Waals surface area contributed by atoms with E-state index < -0.39 is 5.97 Å². The van der Waals surface area contributed by atoms with Crippen LogP contribution in [0.1, 0.15) is 34.0 Å². The Morgan fingerprint density at radius 3 is 2.53 bits per heavy atom. The molecule has 0 amide bonds. The average Bonchev–Trinajstić information content (AvgIpc) is 2.74. The van der Waals surface area contributed by atoms with Crippen LogP contribution in [0, 0.1) is 6.92 Å². The maximum Gasteiger partial charge on any atom is 0.335 e. The number of carbonyl (C=O) groups is 1. The van der Waals surface area contributed by atoms with Crippen LogP contribution in [-0.2, 0) is 6.61 Å². The number of hydrogen-bond acceptors (Lipinski definition) is 4. The maximum atomic E-state index is 11.0. The van der Waals surface area contributed by atoms with Crippen LogP contribution in [0.2, 0.25) is 5.02 Å². The number of rotatable bonds is 8. The second-order valence-electron chi connectivity index (χ2n) is 6.57. The zero-order valence-corrected chi connectivity index (χ0v) is 17.5. The summed E-state index contributed by atoms with van der Waals surface area (Å²) in [7, 11) is 0. The molecule has 0 aliphatic carbocycles. The summed E-state index contributed by atoms with van der Waals surface area (Å²) in [5.74, 6) is 0.271. The minimum atomic E-state index is -0.952. The minimum absolute atomic E-state index is 0.243. The fraction of sp³-hybridized carbons (Fsp3) is 0.167. The molecule has 0 atom stereocenters. The molecular formula is C24H22ClNO4. The van der Waals surface area contributed by atoms with E-state index in [2.05, 4.69) is 4.99 Å². The molecule has 0 aromatic heterocycles. The summed E-state index contributed by atoms with van der Waals surface area (Å²) in [4.78, 5) is 15.5. The number of nitrogens with zero attached hydrogens (tertiary/aromatic N) is 1. The van der Waals surface area contributed by atoms with E-state index in [0.29, 0.717) is 29.7 Å². The van der Waals surface area contributed by atoms with Crippen LogP contribution >= 0.6 is 11.6 Å². The van der Waals surface area contributed by atoms with Gasteiger partial charge < -0.3 is 14.6 Å². The van der Waals surface area contributed by atoms with E-state index in [0.717, 1.165) is 22.4 Å². The fourth-order valence-corrected chi connectivity index (χ4v) is 2.95. The molecule has 6 heteroatoms. The second-order valence-corrected chi connectivity index (χ2v) is 6.98. The van der Waals surface area contributed by atoms with Gasteiger partial charge in [-0.05, 0) is 73.0 Å². The summed E-state index contributed by atoms with van der Waals surface area (Å²) < 4.78 is 11.6. The van der Waals surface area contributed by atoms with Crippen molar-refractivity contribution in [1.29, 1.82) is 0 Å². The summed E-state index contributed by atoms with van der Waals surface area (Å²) in [6.07, 6.45) is 1.76. The van der Waals surface area contributed by atoms with Gasteiger partial charge in [0.1, 0.15) is 6.61 Å². The highest BCUT2D eigenvalue weighted by Gasteiger charge is 2.08. The van der Waals surface area contributed by atoms with Gasteiger partial charge in [-0.1, -0.05) is 29.8 Å². The van der Waals surface area contributed by atoms with Gasteiger partial charge in [0.15, 0.2) is 11.5 Å². The first-order chi connectivity index (χ1) is 14.5. The Morgan fingerprint density at radius 1 is 1.07 bits per heavy atom. The predicted molar refractivity (Wildman–Crippen MR) is 119 cm³/mol. The van der Waals surface area contributed by atoms with Crippen LogP contribution < -0.4 is 9.47 Å². The highest BCUT2D eigenvalue weighted by molar-refractivity contribution is 6.31. The SMILES string of the molecule is CCOc1cc(C=Nc2cccc(Cl)c2C)ccc1OCc1ccc(C(=O)O)cc1. The van der Waals surface area contributed by atoms with E-state index in [1.165, 1.54) is 0 Å². The molecule has 3 rings (SSSR count). The minimum Gasteiger partial charge on any atom is -0.490 e. The maximum absolute atomic E-state index is 11.0. The standard InChI is InChI=1S/C24H22ClNO4/c1-3-29-23-13-18(14-26-21-6-4-5-20(25)16(21)2)9-12-22(23)30-15-17-7-10-19(11-8-17)24(27)28/h4-14H,3,15H2,1-2H3,(H,27,28). The lowest BCUT2D eigenvalue weighted by Gasteiger charge is -2.13. The van der Waals surface area contributed by atoms with Gasteiger partial charge in [0.25, 0.3) is 0 Å². The molecule has 0 spiro atoms. The number of benzene rings is 3. The van der Waals surface area contributed by atoms with Crippen molar-refractivity contribution < 1.29 is 19.4 Å². The first-order valence-electron chi connectivity index (χ1n) is 9.49. The van der Waals surface area contributed by atoms with Gasteiger partial charge in [0.2, 0.25) is 0 Å². The zero-order valence-electron chi connectivity index (χ0n) is 16.8. The number of halogens is 1. The first kappa shape index (κ1) is 21.4. The zero-order chi connectivity index (χ0) is 21.5. The van der Waals surface area contributed by atoms with E-state index in [1.54, 1.807) is 30.5 Å². The highest BCUT2D eigenvalue weighted by atomic mass is 35.5. The molecule has 0 saturated heterocycles. The Hall–Kier alpha value is -3.31. The molecule has 154 valence electrons. The van der Waals surface area contributed by atoms with E-state index in [-0.39, 0.29) is 5.56 Å². The van der Waals surface area contributed by atoms with Crippen molar-refractivity contribution in [2.75, 3.05) is 6.61 Å². The summed E-state index contributed by atoms with van der Waals surface area (Å²) in [5, 5.41) is 9.67. The number of aromatic carboxylic acids is 1. The average molecular weight is 424 g/mol. The Bertz CT molecular complexity index is 1060. The van der Waals surface area contributed by atoms with E-state index >= 15 is 0 Å². The quantitative estimate of drug-likeness (QED) is 0.446. The van der Waals surface area contributed by atoms with Crippen LogP contribution in [0.4, 0.5) is 5.69 Å². The lowest BCUT2D eigenvalue weighted by atomic mass is 10.1. The number of ether oxygens (including phenoxy) is 2. The molecule has 0 aliphatic heterocycles. The van der Waals surface area contributed by atoms with Gasteiger partial charge in [-0.25, -0.2) is 4.79 Å². The van der Waals surface area contributed by atoms with Crippen LogP contribution in [0.15, 0.2) is 65.7 Å². The molecule has 3 aromatic rings. The third-order valence-corrected chi connectivity index (χ3v) is 4.86. The molecule has 0 aliphatic rings. The normalized spacial score (nSPS) is 10.9. The van der Waals surface area contributed by atoms with Gasteiger partial charge in [-0.15, -0.1) is 0 Å². The molecule has 5 nitrogen and oxygen atoms in total. The van der Waals surface area contributed by atoms with Gasteiger partial charge in [-0.3, -0.25) is 4.99 Å². The van der Waals surface area contributed by atoms with Gasteiger partial charge in [0.05, 0.1) is 17.9 Å². The van der Waals surface area contributed by atoms with Crippen LogP contribution in [0.25, 0.3) is 0 Å². The fourth-order valence-electron chi connectivity index (χ4n) is 2.78. The Morgan fingerprint density at radius 2 is 1.83 bits per heavy atom. The van der Waals surface area contributed by atoms with Gasteiger partial charge in [0, 0.05) is 11.2 Å². The molecule has 1 N–H and O–H groups in total. The number of hydrogen-bond donors (Lipinski definition) is 1. The van der Waals surface area contributed by atoms with Crippen LogP contribution in [-0.4, -0.2) is 23.9 Å². The van der Waals surface area contributed by atoms with Crippen molar-refractivity contribution in [3.05, 3.63) is 87.9 Å². The van der Waals surface area contributed by atoms with Crippen molar-refractivity contribution in [2.45, 2.75) is 20.5 Å². The Kier molecular flexibility index (Phi) is 7.09. The molecule has 0 unspecified atom stereocenters. The number of carboxylic acid groups (broad SMARTS) is 1. The molecule has 0 fully saturated rings. The molecule has 0 bridgehead atoms. The highest BCUT2D eigenvalue weighted by Crippen LogP contribution is 2.30. The largest absolute Gasteiger partial charge is 0.490 e. The topological polar surface area (TPSA) is 68.1 Å². The number of aliphatic imine (C=N–C) groups is 1. The Balaban J connectivity index is 1.75. The van der Waals surface area contributed by atoms with Gasteiger partial charge >= 0.3 is 5.97 Å². The molecular weight excluding hydrogens is 402 g/mol. The van der Waals surface area contributed by atoms with E-state index in [9.17, 15) is 4.79 Å². The predicted octanol–water partition coefficient (Wildman–Crippen LogP) is 6.07. The number of carboxylic acids is 1. The van der Waals surface area contributed by atoms with Crippen molar-refractivity contribution in [1.82, 2.24) is 0 Å². The molecule has 0 heterocycles. The lowest BCUT2D eigenvalue weighted by molar-refractivity contribution is 0.0697. The van der Waals surface area contributed by atoms with E-state index in [1.807, 2.05) is 50.2 Å². The third-order valence-electron chi connectivity index (χ3n) is 4.45. The van der Waals surface area contributed by atoms with Crippen molar-refractivity contribution in [3.8, 4) is 11.5 Å². The van der Waals surface area contributed by atoms with Crippen LogP contribution in [0.5, 0.6) is 11.5 Å². The van der Waals surface area contributed by atoms with Crippen molar-refractivity contribution in [3.63, 3.8) is 0 Å². The molecule has 3 aromatic carbocycles. The summed E-state index contributed by atoms with van der Waals surface area (Å²) in [6.45, 7) is 4.64. The molecule has 0 saturated carbocycles. The van der Waals surface area contributed by atoms with Crippen molar-refractivity contribution in [2.24, 2.45) is 4.99 Å². The second kappa shape index (κ2) is 9.94. The summed E-state index contributed by atoms with van der Waals surface area (Å²) in [5.41, 5.74) is 3.72. The van der Waals surface area contributed by atoms with Crippen molar-refractivity contribution >= 4 is 29.5 Å². The first-order valence-corrected chi connectivity index (χ1v) is 9.86. The molecule has 0 radical (unpaired) electrons. The van der Waals surface area contributed by atoms with E-state index in [4.69, 9.17) is 26.2 Å². The summed E-state index contributed by atoms with van der Waals surface area (Å²) >= 11 is 6.15. The third kappa shape index (κ3) is 5.39. The van der Waals surface area contributed by atoms with Crippen LogP contribution in [0.3, 0.4) is 0 Å². The molecule has 30 heavy (non-hydrogen) atoms. The summed E-state index contributed by atoms with van der Waals surface area (Å²) in [6, 6.07) is 17.8. The Labute approximate surface area is 180 Å². The van der Waals surface area contributed by atoms with Gasteiger partial charge in [-0.2, -0.15) is 0 Å².